The van der Waals surface area contributed by atoms with Crippen molar-refractivity contribution in [1.82, 2.24) is 5.43 Å². The number of fused-ring (bicyclic) bond motifs is 1. The third kappa shape index (κ3) is 4.74. The van der Waals surface area contributed by atoms with Gasteiger partial charge < -0.3 is 9.73 Å². The van der Waals surface area contributed by atoms with Crippen molar-refractivity contribution in [2.45, 2.75) is 6.92 Å². The van der Waals surface area contributed by atoms with Crippen molar-refractivity contribution in [1.29, 1.82) is 0 Å². The van der Waals surface area contributed by atoms with Gasteiger partial charge in [0.15, 0.2) is 10.4 Å². The van der Waals surface area contributed by atoms with E-state index >= 15 is 0 Å². The lowest BCUT2D eigenvalue weighted by molar-refractivity contribution is 0.0957. The molecule has 2 amide bonds. The van der Waals surface area contributed by atoms with Gasteiger partial charge in [0, 0.05) is 15.8 Å². The van der Waals surface area contributed by atoms with Gasteiger partial charge in [-0.05, 0) is 70.9 Å². The highest BCUT2D eigenvalue weighted by molar-refractivity contribution is 9.10. The van der Waals surface area contributed by atoms with Gasteiger partial charge in [-0.15, -0.1) is 11.3 Å². The summed E-state index contributed by atoms with van der Waals surface area (Å²) >= 11 is 10.5. The van der Waals surface area contributed by atoms with Crippen molar-refractivity contribution in [2.75, 3.05) is 5.32 Å². The number of hydrogen-bond acceptors (Lipinski definition) is 5. The number of thiophene rings is 1. The van der Waals surface area contributed by atoms with Crippen LogP contribution in [0.2, 0.25) is 5.02 Å². The summed E-state index contributed by atoms with van der Waals surface area (Å²) in [6, 6.07) is 14.3. The van der Waals surface area contributed by atoms with Gasteiger partial charge in [0.2, 0.25) is 0 Å². The van der Waals surface area contributed by atoms with E-state index in [0.29, 0.717) is 26.2 Å². The maximum absolute atomic E-state index is 13.4. The molecule has 0 radical (unpaired) electrons. The standard InChI is InChI=1S/C22H14BrClFN3O3S/c1-11(12-2-5-14(6-3-12)26-21(29)16-8-9-18(23)31-16)27-28-22(30)20-19(24)15-7-4-13(25)10-17(15)32-20/h2-10H,1H3,(H,26,29)(H,28,30). The summed E-state index contributed by atoms with van der Waals surface area (Å²) in [5.41, 5.74) is 4.35. The third-order valence-corrected chi connectivity index (χ3v) is 6.56. The number of nitrogens with zero attached hydrogens (tertiary/aromatic N) is 1. The molecular formula is C22H14BrClFN3O3S. The lowest BCUT2D eigenvalue weighted by Gasteiger charge is -2.06. The maximum atomic E-state index is 13.4. The maximum Gasteiger partial charge on any atom is 0.291 e. The van der Waals surface area contributed by atoms with E-state index in [4.69, 9.17) is 16.0 Å². The summed E-state index contributed by atoms with van der Waals surface area (Å²) in [4.78, 5) is 24.9. The average molecular weight is 535 g/mol. The molecule has 2 N–H and O–H groups in total. The predicted molar refractivity (Wildman–Crippen MR) is 127 cm³/mol. The zero-order chi connectivity index (χ0) is 22.8. The summed E-state index contributed by atoms with van der Waals surface area (Å²) in [6.07, 6.45) is 0. The van der Waals surface area contributed by atoms with Crippen LogP contribution in [-0.2, 0) is 0 Å². The normalized spacial score (nSPS) is 11.6. The van der Waals surface area contributed by atoms with E-state index in [1.165, 1.54) is 12.1 Å². The molecule has 0 aliphatic heterocycles. The number of nitrogens with one attached hydrogen (secondary N) is 2. The van der Waals surface area contributed by atoms with Crippen LogP contribution in [0.1, 0.15) is 32.7 Å². The number of carbonyl (C=O) groups excluding carboxylic acids is 2. The van der Waals surface area contributed by atoms with Gasteiger partial charge >= 0.3 is 0 Å². The number of hydrogen-bond donors (Lipinski definition) is 2. The van der Waals surface area contributed by atoms with Crippen LogP contribution in [0, 0.1) is 5.82 Å². The van der Waals surface area contributed by atoms with Crippen molar-refractivity contribution in [3.63, 3.8) is 0 Å². The van der Waals surface area contributed by atoms with Gasteiger partial charge in [0.05, 0.1) is 10.7 Å². The van der Waals surface area contributed by atoms with Gasteiger partial charge in [-0.2, -0.15) is 5.10 Å². The van der Waals surface area contributed by atoms with Gasteiger partial charge in [-0.25, -0.2) is 9.82 Å². The van der Waals surface area contributed by atoms with Gasteiger partial charge in [-0.3, -0.25) is 9.59 Å². The Bertz CT molecular complexity index is 1360. The molecule has 0 aliphatic rings. The first-order valence-electron chi connectivity index (χ1n) is 9.21. The number of rotatable bonds is 5. The molecule has 0 aliphatic carbocycles. The van der Waals surface area contributed by atoms with Crippen molar-refractivity contribution in [3.05, 3.63) is 86.3 Å². The molecule has 6 nitrogen and oxygen atoms in total. The smallest absolute Gasteiger partial charge is 0.291 e. The third-order valence-electron chi connectivity index (χ3n) is 4.48. The monoisotopic (exact) mass is 533 g/mol. The number of furan rings is 1. The lowest BCUT2D eigenvalue weighted by atomic mass is 10.1. The Morgan fingerprint density at radius 1 is 1.09 bits per heavy atom. The Labute approximate surface area is 199 Å². The Kier molecular flexibility index (Phi) is 6.40. The SMILES string of the molecule is CC(=NNC(=O)c1sc2cc(F)ccc2c1Cl)c1ccc(NC(=O)c2ccc(Br)o2)cc1. The van der Waals surface area contributed by atoms with Crippen molar-refractivity contribution < 1.29 is 18.4 Å². The predicted octanol–water partition coefficient (Wildman–Crippen LogP) is 6.46. The summed E-state index contributed by atoms with van der Waals surface area (Å²) in [5.74, 6) is -1.07. The second-order valence-corrected chi connectivity index (χ2v) is 8.87. The minimum atomic E-state index is -0.482. The van der Waals surface area contributed by atoms with Crippen LogP contribution in [0.3, 0.4) is 0 Å². The number of halogens is 3. The van der Waals surface area contributed by atoms with Gasteiger partial charge in [0.1, 0.15) is 10.7 Å². The minimum absolute atomic E-state index is 0.184. The molecule has 4 aromatic rings. The Morgan fingerprint density at radius 2 is 1.84 bits per heavy atom. The molecule has 0 fully saturated rings. The van der Waals surface area contributed by atoms with E-state index in [-0.39, 0.29) is 21.6 Å². The van der Waals surface area contributed by atoms with E-state index < -0.39 is 11.7 Å². The van der Waals surface area contributed by atoms with Crippen LogP contribution in [-0.4, -0.2) is 17.5 Å². The van der Waals surface area contributed by atoms with Crippen LogP contribution in [0.5, 0.6) is 0 Å². The Hall–Kier alpha value is -3.01. The molecule has 0 atom stereocenters. The highest BCUT2D eigenvalue weighted by Crippen LogP contribution is 2.35. The number of amides is 2. The fourth-order valence-corrected chi connectivity index (χ4v) is 4.60. The molecule has 10 heteroatoms. The highest BCUT2D eigenvalue weighted by atomic mass is 79.9. The number of anilines is 1. The quantitative estimate of drug-likeness (QED) is 0.228. The highest BCUT2D eigenvalue weighted by Gasteiger charge is 2.17. The van der Waals surface area contributed by atoms with Crippen molar-refractivity contribution in [2.24, 2.45) is 5.10 Å². The summed E-state index contributed by atoms with van der Waals surface area (Å²) in [5, 5.41) is 7.73. The molecule has 4 rings (SSSR count). The number of hydrazone groups is 1. The molecule has 0 saturated heterocycles. The molecule has 2 aromatic carbocycles. The molecule has 0 saturated carbocycles. The summed E-state index contributed by atoms with van der Waals surface area (Å²) in [6.45, 7) is 1.73. The van der Waals surface area contributed by atoms with E-state index in [0.717, 1.165) is 16.9 Å². The summed E-state index contributed by atoms with van der Waals surface area (Å²) in [7, 11) is 0. The topological polar surface area (TPSA) is 83.7 Å². The van der Waals surface area contributed by atoms with E-state index in [1.54, 1.807) is 49.4 Å². The molecule has 0 bridgehead atoms. The van der Waals surface area contributed by atoms with E-state index in [9.17, 15) is 14.0 Å². The fourth-order valence-electron chi connectivity index (χ4n) is 2.86. The van der Waals surface area contributed by atoms with Crippen LogP contribution < -0.4 is 10.7 Å². The molecule has 0 spiro atoms. The molecule has 162 valence electrons. The molecule has 32 heavy (non-hydrogen) atoms. The number of carbonyl (C=O) groups is 2. The van der Waals surface area contributed by atoms with Crippen LogP contribution in [0.4, 0.5) is 10.1 Å². The first-order valence-corrected chi connectivity index (χ1v) is 11.2. The van der Waals surface area contributed by atoms with E-state index in [2.05, 4.69) is 31.8 Å². The lowest BCUT2D eigenvalue weighted by Crippen LogP contribution is -2.18. The first kappa shape index (κ1) is 22.2. The van der Waals surface area contributed by atoms with Gasteiger partial charge in [-0.1, -0.05) is 23.7 Å². The Morgan fingerprint density at radius 3 is 2.53 bits per heavy atom. The molecule has 0 unspecified atom stereocenters. The van der Waals surface area contributed by atoms with Crippen LogP contribution >= 0.6 is 38.9 Å². The average Bonchev–Trinajstić information content (AvgIpc) is 3.35. The van der Waals surface area contributed by atoms with Gasteiger partial charge in [0.25, 0.3) is 11.8 Å². The fraction of sp³-hybridized carbons (Fsp3) is 0.0455. The van der Waals surface area contributed by atoms with Crippen molar-refractivity contribution in [3.8, 4) is 0 Å². The zero-order valence-corrected chi connectivity index (χ0v) is 19.6. The molecule has 2 heterocycles. The second kappa shape index (κ2) is 9.23. The van der Waals surface area contributed by atoms with Crippen LogP contribution in [0.15, 0.2) is 68.8 Å². The van der Waals surface area contributed by atoms with Crippen molar-refractivity contribution >= 4 is 72.2 Å². The molecular weight excluding hydrogens is 521 g/mol. The largest absolute Gasteiger partial charge is 0.444 e. The van der Waals surface area contributed by atoms with Crippen LogP contribution in [0.25, 0.3) is 10.1 Å². The molecule has 2 aromatic heterocycles. The first-order chi connectivity index (χ1) is 15.3. The zero-order valence-electron chi connectivity index (χ0n) is 16.4. The van der Waals surface area contributed by atoms with E-state index in [1.807, 2.05) is 0 Å². The minimum Gasteiger partial charge on any atom is -0.444 e. The number of benzene rings is 2. The Balaban J connectivity index is 1.43. The second-order valence-electron chi connectivity index (χ2n) is 6.66. The summed E-state index contributed by atoms with van der Waals surface area (Å²) < 4.78 is 19.7.